The van der Waals surface area contributed by atoms with E-state index in [0.717, 1.165) is 6.42 Å². The van der Waals surface area contributed by atoms with Crippen molar-refractivity contribution in [3.63, 3.8) is 0 Å². The molecule has 4 N–H and O–H groups in total. The third-order valence-corrected chi connectivity index (χ3v) is 3.54. The zero-order valence-corrected chi connectivity index (χ0v) is 15.2. The molecule has 0 bridgehead atoms. The van der Waals surface area contributed by atoms with Crippen LogP contribution in [0.15, 0.2) is 24.3 Å². The summed E-state index contributed by atoms with van der Waals surface area (Å²) in [6.07, 6.45) is 1.14. The van der Waals surface area contributed by atoms with Gasteiger partial charge in [-0.05, 0) is 43.5 Å². The second-order valence-electron chi connectivity index (χ2n) is 6.37. The Labute approximate surface area is 152 Å². The van der Waals surface area contributed by atoms with E-state index in [4.69, 9.17) is 5.11 Å². The van der Waals surface area contributed by atoms with Crippen molar-refractivity contribution in [3.05, 3.63) is 29.8 Å². The number of hydrogen-bond acceptors (Lipinski definition) is 4. The maximum absolute atomic E-state index is 11.9. The van der Waals surface area contributed by atoms with E-state index in [1.165, 1.54) is 31.2 Å². The molecule has 1 atom stereocenters. The topological polar surface area (TPSA) is 125 Å². The first kappa shape index (κ1) is 21.1. The first-order valence-electron chi connectivity index (χ1n) is 8.39. The van der Waals surface area contributed by atoms with Crippen molar-refractivity contribution in [2.24, 2.45) is 5.92 Å². The fourth-order valence-electron chi connectivity index (χ4n) is 1.94. The molecule has 0 radical (unpaired) electrons. The van der Waals surface area contributed by atoms with Gasteiger partial charge >= 0.3 is 5.97 Å². The summed E-state index contributed by atoms with van der Waals surface area (Å²) in [7, 11) is 0. The van der Waals surface area contributed by atoms with Crippen molar-refractivity contribution in [2.75, 3.05) is 11.9 Å². The fraction of sp³-hybridized carbons (Fsp3) is 0.444. The minimum absolute atomic E-state index is 0.130. The molecule has 0 heterocycles. The highest BCUT2D eigenvalue weighted by molar-refractivity contribution is 5.98. The van der Waals surface area contributed by atoms with Gasteiger partial charge in [0.1, 0.15) is 6.04 Å². The lowest BCUT2D eigenvalue weighted by Crippen LogP contribution is -2.38. The highest BCUT2D eigenvalue weighted by Gasteiger charge is 2.15. The molecule has 1 rings (SSSR count). The number of amides is 3. The molecule has 0 aromatic heterocycles. The molecule has 0 aliphatic carbocycles. The molecule has 1 aromatic rings. The van der Waals surface area contributed by atoms with Crippen molar-refractivity contribution < 1.29 is 24.3 Å². The number of carboxylic acids is 1. The number of carbonyl (C=O) groups is 4. The van der Waals surface area contributed by atoms with Gasteiger partial charge in [-0.25, -0.2) is 0 Å². The zero-order chi connectivity index (χ0) is 19.7. The van der Waals surface area contributed by atoms with E-state index in [-0.39, 0.29) is 23.9 Å². The third kappa shape index (κ3) is 7.78. The number of carbonyl (C=O) groups excluding carboxylic acids is 3. The second kappa shape index (κ2) is 10.2. The van der Waals surface area contributed by atoms with Crippen LogP contribution in [0.5, 0.6) is 0 Å². The van der Waals surface area contributed by atoms with Crippen LogP contribution < -0.4 is 16.0 Å². The Balaban J connectivity index is 2.46. The summed E-state index contributed by atoms with van der Waals surface area (Å²) >= 11 is 0. The average Bonchev–Trinajstić information content (AvgIpc) is 2.58. The smallest absolute Gasteiger partial charge is 0.325 e. The van der Waals surface area contributed by atoms with Crippen LogP contribution in [0, 0.1) is 5.92 Å². The van der Waals surface area contributed by atoms with Gasteiger partial charge in [0.05, 0.1) is 6.54 Å². The monoisotopic (exact) mass is 363 g/mol. The van der Waals surface area contributed by atoms with E-state index in [0.29, 0.717) is 18.0 Å². The Morgan fingerprint density at radius 1 is 1.00 bits per heavy atom. The number of rotatable bonds is 9. The Bertz CT molecular complexity index is 655. The maximum Gasteiger partial charge on any atom is 0.325 e. The fourth-order valence-corrected chi connectivity index (χ4v) is 1.94. The van der Waals surface area contributed by atoms with Gasteiger partial charge in [-0.2, -0.15) is 0 Å². The van der Waals surface area contributed by atoms with Gasteiger partial charge in [0.2, 0.25) is 11.8 Å². The molecule has 26 heavy (non-hydrogen) atoms. The summed E-state index contributed by atoms with van der Waals surface area (Å²) in [4.78, 5) is 46.0. The summed E-state index contributed by atoms with van der Waals surface area (Å²) in [5.74, 6) is -1.77. The van der Waals surface area contributed by atoms with Crippen LogP contribution >= 0.6 is 0 Å². The lowest BCUT2D eigenvalue weighted by atomic mass is 10.1. The van der Waals surface area contributed by atoms with Crippen LogP contribution in [0.4, 0.5) is 5.69 Å². The van der Waals surface area contributed by atoms with E-state index in [9.17, 15) is 19.2 Å². The molecular weight excluding hydrogens is 338 g/mol. The molecule has 0 spiro atoms. The summed E-state index contributed by atoms with van der Waals surface area (Å²) in [6, 6.07) is 5.00. The number of aliphatic carboxylic acids is 1. The lowest BCUT2D eigenvalue weighted by molar-refractivity contribution is -0.138. The number of benzene rings is 1. The highest BCUT2D eigenvalue weighted by atomic mass is 16.4. The van der Waals surface area contributed by atoms with Gasteiger partial charge in [0.15, 0.2) is 0 Å². The third-order valence-electron chi connectivity index (χ3n) is 3.54. The van der Waals surface area contributed by atoms with Crippen molar-refractivity contribution in [1.29, 1.82) is 0 Å². The molecule has 8 heteroatoms. The predicted octanol–water partition coefficient (Wildman–Crippen LogP) is 1.38. The molecule has 3 amide bonds. The molecule has 0 aliphatic heterocycles. The first-order valence-corrected chi connectivity index (χ1v) is 8.39. The van der Waals surface area contributed by atoms with Gasteiger partial charge < -0.3 is 21.1 Å². The van der Waals surface area contributed by atoms with Crippen molar-refractivity contribution in [2.45, 2.75) is 39.7 Å². The van der Waals surface area contributed by atoms with Crippen LogP contribution in [-0.4, -0.2) is 41.4 Å². The normalized spacial score (nSPS) is 11.5. The van der Waals surface area contributed by atoms with E-state index in [1.807, 2.05) is 13.8 Å². The molecule has 8 nitrogen and oxygen atoms in total. The van der Waals surface area contributed by atoms with Crippen LogP contribution in [-0.2, 0) is 14.4 Å². The molecule has 0 saturated heterocycles. The molecule has 0 saturated carbocycles. The largest absolute Gasteiger partial charge is 0.480 e. The van der Waals surface area contributed by atoms with E-state index in [1.54, 1.807) is 0 Å². The highest BCUT2D eigenvalue weighted by Crippen LogP contribution is 2.10. The number of anilines is 1. The molecule has 142 valence electrons. The Hall–Kier alpha value is -2.90. The van der Waals surface area contributed by atoms with Crippen LogP contribution in [0.2, 0.25) is 0 Å². The molecule has 1 aromatic carbocycles. The van der Waals surface area contributed by atoms with E-state index < -0.39 is 17.9 Å². The Morgan fingerprint density at radius 3 is 2.15 bits per heavy atom. The molecule has 0 aliphatic rings. The summed E-state index contributed by atoms with van der Waals surface area (Å²) in [5.41, 5.74) is 0.743. The van der Waals surface area contributed by atoms with Crippen molar-refractivity contribution in [1.82, 2.24) is 10.6 Å². The average molecular weight is 363 g/mol. The minimum Gasteiger partial charge on any atom is -0.480 e. The maximum atomic E-state index is 11.9. The number of hydrogen-bond donors (Lipinski definition) is 4. The van der Waals surface area contributed by atoms with Crippen LogP contribution in [0.25, 0.3) is 0 Å². The number of nitrogens with one attached hydrogen (secondary N) is 3. The molecule has 1 unspecified atom stereocenters. The Morgan fingerprint density at radius 2 is 1.62 bits per heavy atom. The van der Waals surface area contributed by atoms with E-state index >= 15 is 0 Å². The summed E-state index contributed by atoms with van der Waals surface area (Å²) in [6.45, 7) is 5.28. The molecule has 0 fully saturated rings. The van der Waals surface area contributed by atoms with Gasteiger partial charge in [-0.3, -0.25) is 19.2 Å². The van der Waals surface area contributed by atoms with E-state index in [2.05, 4.69) is 16.0 Å². The van der Waals surface area contributed by atoms with Gasteiger partial charge in [-0.1, -0.05) is 13.8 Å². The van der Waals surface area contributed by atoms with Crippen molar-refractivity contribution >= 4 is 29.4 Å². The predicted molar refractivity (Wildman–Crippen MR) is 96.7 cm³/mol. The zero-order valence-electron chi connectivity index (χ0n) is 15.2. The van der Waals surface area contributed by atoms with Gasteiger partial charge in [-0.15, -0.1) is 0 Å². The van der Waals surface area contributed by atoms with Crippen molar-refractivity contribution in [3.8, 4) is 0 Å². The van der Waals surface area contributed by atoms with Crippen LogP contribution in [0.1, 0.15) is 44.0 Å². The summed E-state index contributed by atoms with van der Waals surface area (Å²) < 4.78 is 0. The van der Waals surface area contributed by atoms with Gasteiger partial charge in [0.25, 0.3) is 5.91 Å². The lowest BCUT2D eigenvalue weighted by Gasteiger charge is -2.10. The SMILES string of the molecule is CC(C)CCC(=O)NCC(=O)Nc1ccc(C(=O)NC(C)C(=O)O)cc1. The van der Waals surface area contributed by atoms with Gasteiger partial charge in [0, 0.05) is 17.7 Å². The Kier molecular flexibility index (Phi) is 8.27. The standard InChI is InChI=1S/C18H25N3O5/c1-11(2)4-9-15(22)19-10-16(23)21-14-7-5-13(6-8-14)17(24)20-12(3)18(25)26/h5-8,11-12H,4,9-10H2,1-3H3,(H,19,22)(H,20,24)(H,21,23)(H,25,26). The minimum atomic E-state index is -1.13. The number of carboxylic acid groups (broad SMARTS) is 1. The quantitative estimate of drug-likeness (QED) is 0.527. The molecular formula is C18H25N3O5. The first-order chi connectivity index (χ1) is 12.2. The van der Waals surface area contributed by atoms with Crippen LogP contribution in [0.3, 0.4) is 0 Å². The summed E-state index contributed by atoms with van der Waals surface area (Å²) in [5, 5.41) is 16.3. The second-order valence-corrected chi connectivity index (χ2v) is 6.37.